The fourth-order valence-corrected chi connectivity index (χ4v) is 2.77. The van der Waals surface area contributed by atoms with Gasteiger partial charge in [-0.2, -0.15) is 0 Å². The number of benzene rings is 2. The van der Waals surface area contributed by atoms with Crippen LogP contribution in [0.3, 0.4) is 0 Å². The number of carbonyl (C=O) groups is 1. The fourth-order valence-electron chi connectivity index (χ4n) is 2.12. The summed E-state index contributed by atoms with van der Waals surface area (Å²) in [4.78, 5) is 17.1. The summed E-state index contributed by atoms with van der Waals surface area (Å²) >= 11 is 7.50. The van der Waals surface area contributed by atoms with E-state index in [1.165, 1.54) is 25.3 Å². The van der Waals surface area contributed by atoms with Crippen molar-refractivity contribution in [2.75, 3.05) is 25.6 Å². The molecule has 1 amide bonds. The van der Waals surface area contributed by atoms with Gasteiger partial charge >= 0.3 is 0 Å². The molecule has 2 aromatic rings. The average molecular weight is 531 g/mol. The molecule has 2 rings (SSSR count). The van der Waals surface area contributed by atoms with Gasteiger partial charge in [0.25, 0.3) is 5.91 Å². The lowest BCUT2D eigenvalue weighted by Crippen LogP contribution is -2.30. The van der Waals surface area contributed by atoms with Crippen molar-refractivity contribution in [2.24, 2.45) is 0 Å². The van der Waals surface area contributed by atoms with Crippen LogP contribution in [0.1, 0.15) is 10.4 Å². The van der Waals surface area contributed by atoms with Crippen molar-refractivity contribution >= 4 is 51.5 Å². The first-order valence-electron chi connectivity index (χ1n) is 7.73. The summed E-state index contributed by atoms with van der Waals surface area (Å²) in [5.74, 6) is -4.58. The summed E-state index contributed by atoms with van der Waals surface area (Å²) in [7, 11) is 1.37. The zero-order chi connectivity index (χ0) is 20.8. The number of hydroxylamine groups is 1. The van der Waals surface area contributed by atoms with Crippen molar-refractivity contribution in [2.45, 2.75) is 6.10 Å². The number of nitrogens with one attached hydrogen (secondary N) is 2. The molecule has 0 fully saturated rings. The van der Waals surface area contributed by atoms with Gasteiger partial charge in [-0.25, -0.2) is 18.7 Å². The van der Waals surface area contributed by atoms with Crippen molar-refractivity contribution in [3.63, 3.8) is 0 Å². The molecule has 0 bridgehead atoms. The van der Waals surface area contributed by atoms with E-state index in [2.05, 4.69) is 5.32 Å². The minimum absolute atomic E-state index is 0.0359. The van der Waals surface area contributed by atoms with E-state index in [-0.39, 0.29) is 18.9 Å². The molecule has 0 heterocycles. The average Bonchev–Trinajstić information content (AvgIpc) is 2.63. The number of hydrogen-bond donors (Lipinski definition) is 3. The summed E-state index contributed by atoms with van der Waals surface area (Å²) in [6.07, 6.45) is -1.02. The van der Waals surface area contributed by atoms with Crippen LogP contribution in [0.4, 0.5) is 24.5 Å². The molecule has 3 N–H and O–H groups in total. The summed E-state index contributed by atoms with van der Waals surface area (Å²) in [6.45, 7) is -0.350. The van der Waals surface area contributed by atoms with Gasteiger partial charge in [-0.05, 0) is 46.9 Å². The topological polar surface area (TPSA) is 79.8 Å². The van der Waals surface area contributed by atoms with Gasteiger partial charge in [-0.15, -0.1) is 0 Å². The van der Waals surface area contributed by atoms with Gasteiger partial charge in [-0.3, -0.25) is 9.63 Å². The van der Waals surface area contributed by atoms with Gasteiger partial charge in [0.2, 0.25) is 0 Å². The molecule has 0 aliphatic rings. The van der Waals surface area contributed by atoms with Crippen LogP contribution in [0.15, 0.2) is 24.3 Å². The maximum absolute atomic E-state index is 14.4. The highest BCUT2D eigenvalue weighted by Crippen LogP contribution is 2.32. The summed E-state index contributed by atoms with van der Waals surface area (Å²) in [6, 6.07) is 4.89. The predicted octanol–water partition coefficient (Wildman–Crippen LogP) is 3.77. The molecule has 0 aromatic heterocycles. The Hall–Kier alpha value is -1.60. The van der Waals surface area contributed by atoms with E-state index in [0.29, 0.717) is 3.57 Å². The molecule has 2 aromatic carbocycles. The Morgan fingerprint density at radius 3 is 2.61 bits per heavy atom. The molecule has 0 saturated heterocycles. The van der Waals surface area contributed by atoms with Crippen molar-refractivity contribution in [1.29, 1.82) is 0 Å². The molecule has 152 valence electrons. The maximum Gasteiger partial charge on any atom is 0.277 e. The zero-order valence-electron chi connectivity index (χ0n) is 14.4. The zero-order valence-corrected chi connectivity index (χ0v) is 17.3. The quantitative estimate of drug-likeness (QED) is 0.275. The molecule has 28 heavy (non-hydrogen) atoms. The van der Waals surface area contributed by atoms with E-state index in [9.17, 15) is 23.1 Å². The number of aliphatic hydroxyl groups is 1. The Labute approximate surface area is 177 Å². The number of ether oxygens (including phenoxy) is 1. The third kappa shape index (κ3) is 5.70. The van der Waals surface area contributed by atoms with Crippen LogP contribution < -0.4 is 10.8 Å². The fraction of sp³-hybridized carbons (Fsp3) is 0.235. The number of halogens is 5. The number of carbonyl (C=O) groups excluding carboxylic acids is 1. The minimum atomic E-state index is -1.46. The van der Waals surface area contributed by atoms with E-state index in [4.69, 9.17) is 21.2 Å². The first kappa shape index (κ1) is 22.7. The Balaban J connectivity index is 2.29. The van der Waals surface area contributed by atoms with Crippen molar-refractivity contribution in [3.8, 4) is 0 Å². The second-order valence-corrected chi connectivity index (χ2v) is 7.16. The lowest BCUT2D eigenvalue weighted by molar-refractivity contribution is -0.0365. The molecule has 1 unspecified atom stereocenters. The number of anilines is 2. The third-order valence-corrected chi connectivity index (χ3v) is 4.34. The van der Waals surface area contributed by atoms with Crippen molar-refractivity contribution < 1.29 is 32.6 Å². The van der Waals surface area contributed by atoms with Crippen LogP contribution in [-0.4, -0.2) is 37.4 Å². The van der Waals surface area contributed by atoms with E-state index < -0.39 is 45.7 Å². The number of rotatable bonds is 8. The molecular weight excluding hydrogens is 516 g/mol. The SMILES string of the molecule is COCC(O)CONC(=O)c1cc(Cl)c(F)c(F)c1Nc1ccc(I)cc1F. The highest BCUT2D eigenvalue weighted by molar-refractivity contribution is 14.1. The second-order valence-electron chi connectivity index (χ2n) is 5.51. The van der Waals surface area contributed by atoms with Gasteiger partial charge in [0.15, 0.2) is 11.6 Å². The molecular formula is C17H15ClF3IN2O4. The Morgan fingerprint density at radius 2 is 1.96 bits per heavy atom. The first-order chi connectivity index (χ1) is 13.2. The normalized spacial score (nSPS) is 12.0. The Kier molecular flexibility index (Phi) is 8.31. The second kappa shape index (κ2) is 10.3. The van der Waals surface area contributed by atoms with E-state index in [0.717, 1.165) is 6.07 Å². The van der Waals surface area contributed by atoms with Gasteiger partial charge in [0.05, 0.1) is 28.6 Å². The summed E-state index contributed by atoms with van der Waals surface area (Å²) in [5, 5.41) is 11.2. The summed E-state index contributed by atoms with van der Waals surface area (Å²) in [5.41, 5.74) is 0.748. The highest BCUT2D eigenvalue weighted by Gasteiger charge is 2.23. The van der Waals surface area contributed by atoms with Crippen LogP contribution >= 0.6 is 34.2 Å². The van der Waals surface area contributed by atoms with Gasteiger partial charge in [-0.1, -0.05) is 11.6 Å². The van der Waals surface area contributed by atoms with Gasteiger partial charge in [0, 0.05) is 10.7 Å². The molecule has 6 nitrogen and oxygen atoms in total. The number of methoxy groups -OCH3 is 1. The number of amides is 1. The van der Waals surface area contributed by atoms with E-state index in [1.807, 2.05) is 28.1 Å². The molecule has 0 spiro atoms. The molecule has 0 saturated carbocycles. The van der Waals surface area contributed by atoms with Crippen LogP contribution in [-0.2, 0) is 9.57 Å². The van der Waals surface area contributed by atoms with Crippen molar-refractivity contribution in [3.05, 3.63) is 55.9 Å². The van der Waals surface area contributed by atoms with Crippen LogP contribution in [0.2, 0.25) is 5.02 Å². The third-order valence-electron chi connectivity index (χ3n) is 3.40. The Bertz CT molecular complexity index is 873. The minimum Gasteiger partial charge on any atom is -0.388 e. The molecule has 0 aliphatic carbocycles. The first-order valence-corrected chi connectivity index (χ1v) is 9.19. The molecule has 0 aliphatic heterocycles. The summed E-state index contributed by atoms with van der Waals surface area (Å²) < 4.78 is 47.7. The highest BCUT2D eigenvalue weighted by atomic mass is 127. The smallest absolute Gasteiger partial charge is 0.277 e. The molecule has 11 heteroatoms. The van der Waals surface area contributed by atoms with Crippen molar-refractivity contribution in [1.82, 2.24) is 5.48 Å². The maximum atomic E-state index is 14.4. The van der Waals surface area contributed by atoms with Crippen LogP contribution in [0.5, 0.6) is 0 Å². The lowest BCUT2D eigenvalue weighted by atomic mass is 10.1. The molecule has 1 atom stereocenters. The number of aliphatic hydroxyl groups excluding tert-OH is 1. The van der Waals surface area contributed by atoms with Gasteiger partial charge < -0.3 is 15.2 Å². The Morgan fingerprint density at radius 1 is 1.25 bits per heavy atom. The van der Waals surface area contributed by atoms with E-state index in [1.54, 1.807) is 0 Å². The molecule has 0 radical (unpaired) electrons. The van der Waals surface area contributed by atoms with Crippen LogP contribution in [0, 0.1) is 21.0 Å². The largest absolute Gasteiger partial charge is 0.388 e. The monoisotopic (exact) mass is 530 g/mol. The van der Waals surface area contributed by atoms with Gasteiger partial charge in [0.1, 0.15) is 18.5 Å². The van der Waals surface area contributed by atoms with Crippen LogP contribution in [0.25, 0.3) is 0 Å². The van der Waals surface area contributed by atoms with E-state index >= 15 is 0 Å². The number of hydrogen-bond acceptors (Lipinski definition) is 5. The standard InChI is InChI=1S/C17H15ClF3IN2O4/c1-27-6-9(25)7-28-24-17(26)10-5-11(18)14(20)15(21)16(10)23-13-3-2-8(22)4-12(13)19/h2-5,9,23,25H,6-7H2,1H3,(H,24,26). The predicted molar refractivity (Wildman–Crippen MR) is 105 cm³/mol. The lowest BCUT2D eigenvalue weighted by Gasteiger charge is -2.16.